The van der Waals surface area contributed by atoms with Crippen molar-refractivity contribution in [2.75, 3.05) is 25.0 Å². The molecule has 0 radical (unpaired) electrons. The minimum absolute atomic E-state index is 0.212. The van der Waals surface area contributed by atoms with E-state index in [0.717, 1.165) is 22.6 Å². The topological polar surface area (TPSA) is 93.0 Å². The number of guanidine groups is 1. The Labute approximate surface area is 234 Å². The number of nitrogens with one attached hydrogen (secondary N) is 2. The number of ether oxygens (including phenoxy) is 1. The van der Waals surface area contributed by atoms with Gasteiger partial charge in [0.05, 0.1) is 11.7 Å². The van der Waals surface area contributed by atoms with Crippen molar-refractivity contribution in [2.24, 2.45) is 4.99 Å². The van der Waals surface area contributed by atoms with Gasteiger partial charge >= 0.3 is 6.03 Å². The monoisotopic (exact) mass is 530 g/mol. The molecular weight excluding hydrogens is 500 g/mol. The third-order valence-corrected chi connectivity index (χ3v) is 6.70. The largest absolute Gasteiger partial charge is 0.457 e. The molecule has 1 atom stereocenters. The average Bonchev–Trinajstić information content (AvgIpc) is 2.99. The molecule has 1 aliphatic heterocycles. The number of hydrogen-bond acceptors (Lipinski definition) is 4. The maximum Gasteiger partial charge on any atom is 0.322 e. The lowest BCUT2D eigenvalue weighted by Crippen LogP contribution is -2.55. The summed E-state index contributed by atoms with van der Waals surface area (Å²) in [6.07, 6.45) is 2.02. The molecule has 2 amide bonds. The third-order valence-electron chi connectivity index (χ3n) is 6.70. The molecule has 4 aromatic rings. The van der Waals surface area contributed by atoms with Gasteiger partial charge in [0.2, 0.25) is 5.96 Å². The lowest BCUT2D eigenvalue weighted by molar-refractivity contribution is 0.135. The number of nitrogens with zero attached hydrogens (tertiary/aromatic N) is 4. The third kappa shape index (κ3) is 6.40. The van der Waals surface area contributed by atoms with Crippen molar-refractivity contribution < 1.29 is 9.53 Å². The van der Waals surface area contributed by atoms with Gasteiger partial charge in [-0.15, -0.1) is 0 Å². The minimum atomic E-state index is -0.263. The zero-order valence-electron chi connectivity index (χ0n) is 22.2. The van der Waals surface area contributed by atoms with Gasteiger partial charge in [0.25, 0.3) is 0 Å². The van der Waals surface area contributed by atoms with Crippen molar-refractivity contribution in [3.63, 3.8) is 0 Å². The molecule has 5 rings (SSSR count). The number of hydrogen-bond donors (Lipinski definition) is 2. The van der Waals surface area contributed by atoms with E-state index >= 15 is 0 Å². The summed E-state index contributed by atoms with van der Waals surface area (Å²) in [5, 5.41) is 15.3. The summed E-state index contributed by atoms with van der Waals surface area (Å²) in [6, 6.07) is 34.1. The Hall–Kier alpha value is -5.29. The summed E-state index contributed by atoms with van der Waals surface area (Å²) in [7, 11) is 0. The first-order chi connectivity index (χ1) is 19.6. The van der Waals surface area contributed by atoms with Crippen molar-refractivity contribution >= 4 is 23.4 Å². The minimum Gasteiger partial charge on any atom is -0.457 e. The van der Waals surface area contributed by atoms with Crippen LogP contribution in [0, 0.1) is 18.4 Å². The van der Waals surface area contributed by atoms with Crippen LogP contribution >= 0.6 is 0 Å². The van der Waals surface area contributed by atoms with Gasteiger partial charge < -0.3 is 19.9 Å². The van der Waals surface area contributed by atoms with Gasteiger partial charge in [-0.3, -0.25) is 5.32 Å². The average molecular weight is 531 g/mol. The first-order valence-electron chi connectivity index (χ1n) is 13.1. The molecule has 8 heteroatoms. The van der Waals surface area contributed by atoms with E-state index in [0.29, 0.717) is 37.0 Å². The van der Waals surface area contributed by atoms with Crippen LogP contribution in [0.25, 0.3) is 0 Å². The van der Waals surface area contributed by atoms with Crippen LogP contribution < -0.4 is 15.4 Å². The smallest absolute Gasteiger partial charge is 0.322 e. The lowest BCUT2D eigenvalue weighted by atomic mass is 10.0. The predicted molar refractivity (Wildman–Crippen MR) is 156 cm³/mol. The molecule has 2 N–H and O–H groups in total. The Kier molecular flexibility index (Phi) is 8.23. The molecule has 1 heterocycles. The molecule has 0 spiro atoms. The van der Waals surface area contributed by atoms with E-state index in [1.54, 1.807) is 0 Å². The molecule has 8 nitrogen and oxygen atoms in total. The predicted octanol–water partition coefficient (Wildman–Crippen LogP) is 6.44. The number of para-hydroxylation sites is 2. The standard InChI is InChI=1S/C32H30N6O2/c1-24-11-8-9-18-29(24)36-31(34-23-33)37-19-20-38(30(22-37)25-12-4-2-5-13-25)32(39)35-26-14-10-17-28(21-26)40-27-15-6-3-7-16-27/h2-18,21,30H,19-20,22H2,1H3,(H,34,36)(H,35,39). The Morgan fingerprint density at radius 1 is 0.900 bits per heavy atom. The molecule has 0 aromatic heterocycles. The van der Waals surface area contributed by atoms with Crippen LogP contribution in [-0.2, 0) is 0 Å². The summed E-state index contributed by atoms with van der Waals surface area (Å²) in [6.45, 7) is 3.39. The first kappa shape index (κ1) is 26.3. The number of nitriles is 1. The van der Waals surface area contributed by atoms with E-state index in [-0.39, 0.29) is 12.1 Å². The SMILES string of the molecule is Cc1ccccc1N=C(NC#N)N1CCN(C(=O)Nc2cccc(Oc3ccccc3)c2)C(c2ccccc2)C1. The highest BCUT2D eigenvalue weighted by Gasteiger charge is 2.33. The van der Waals surface area contributed by atoms with E-state index in [1.807, 2.05) is 132 Å². The van der Waals surface area contributed by atoms with Crippen LogP contribution in [0.15, 0.2) is 114 Å². The van der Waals surface area contributed by atoms with Crippen LogP contribution in [0.3, 0.4) is 0 Å². The number of anilines is 1. The summed E-state index contributed by atoms with van der Waals surface area (Å²) in [5.41, 5.74) is 3.43. The number of carbonyl (C=O) groups excluding carboxylic acids is 1. The summed E-state index contributed by atoms with van der Waals surface area (Å²) in [5.74, 6) is 1.82. The normalized spacial score (nSPS) is 15.2. The van der Waals surface area contributed by atoms with Crippen LogP contribution in [-0.4, -0.2) is 41.4 Å². The van der Waals surface area contributed by atoms with Gasteiger partial charge in [0, 0.05) is 31.4 Å². The Bertz CT molecular complexity index is 1520. The molecule has 1 unspecified atom stereocenters. The molecule has 0 bridgehead atoms. The van der Waals surface area contributed by atoms with Crippen molar-refractivity contribution in [1.29, 1.82) is 5.26 Å². The zero-order chi connectivity index (χ0) is 27.7. The van der Waals surface area contributed by atoms with E-state index in [2.05, 4.69) is 10.6 Å². The molecule has 1 saturated heterocycles. The molecule has 1 aliphatic rings. The second kappa shape index (κ2) is 12.5. The van der Waals surface area contributed by atoms with E-state index in [1.165, 1.54) is 0 Å². The van der Waals surface area contributed by atoms with Crippen molar-refractivity contribution in [1.82, 2.24) is 15.1 Å². The Morgan fingerprint density at radius 3 is 2.35 bits per heavy atom. The van der Waals surface area contributed by atoms with Crippen molar-refractivity contribution in [2.45, 2.75) is 13.0 Å². The van der Waals surface area contributed by atoms with Gasteiger partial charge in [0.1, 0.15) is 11.5 Å². The summed E-state index contributed by atoms with van der Waals surface area (Å²) >= 11 is 0. The Balaban J connectivity index is 1.36. The number of aliphatic imine (C=N–C) groups is 1. The maximum atomic E-state index is 13.6. The van der Waals surface area contributed by atoms with Crippen LogP contribution in [0.4, 0.5) is 16.2 Å². The maximum absolute atomic E-state index is 13.6. The fourth-order valence-corrected chi connectivity index (χ4v) is 4.67. The quantitative estimate of drug-likeness (QED) is 0.134. The van der Waals surface area contributed by atoms with Gasteiger partial charge in [-0.05, 0) is 48.4 Å². The molecule has 40 heavy (non-hydrogen) atoms. The molecule has 0 aliphatic carbocycles. The van der Waals surface area contributed by atoms with Crippen LogP contribution in [0.5, 0.6) is 11.5 Å². The molecule has 0 saturated carbocycles. The number of aryl methyl sites for hydroxylation is 1. The first-order valence-corrected chi connectivity index (χ1v) is 13.1. The van der Waals surface area contributed by atoms with Gasteiger partial charge in [0.15, 0.2) is 6.19 Å². The summed E-state index contributed by atoms with van der Waals surface area (Å²) in [4.78, 5) is 22.2. The van der Waals surface area contributed by atoms with Crippen molar-refractivity contribution in [3.05, 3.63) is 120 Å². The Morgan fingerprint density at radius 2 is 1.60 bits per heavy atom. The molecule has 1 fully saturated rings. The lowest BCUT2D eigenvalue weighted by Gasteiger charge is -2.42. The number of rotatable bonds is 5. The second-order valence-electron chi connectivity index (χ2n) is 9.40. The van der Waals surface area contributed by atoms with Crippen LogP contribution in [0.2, 0.25) is 0 Å². The fraction of sp³-hybridized carbons (Fsp3) is 0.156. The number of carbonyl (C=O) groups is 1. The second-order valence-corrected chi connectivity index (χ2v) is 9.40. The van der Waals surface area contributed by atoms with Gasteiger partial charge in [-0.25, -0.2) is 9.79 Å². The number of benzene rings is 4. The van der Waals surface area contributed by atoms with Crippen molar-refractivity contribution in [3.8, 4) is 17.7 Å². The van der Waals surface area contributed by atoms with Gasteiger partial charge in [-0.2, -0.15) is 5.26 Å². The highest BCUT2D eigenvalue weighted by Crippen LogP contribution is 2.29. The zero-order valence-corrected chi connectivity index (χ0v) is 22.2. The molecular formula is C32H30N6O2. The fourth-order valence-electron chi connectivity index (χ4n) is 4.67. The molecule has 200 valence electrons. The number of amides is 2. The van der Waals surface area contributed by atoms with Gasteiger partial charge in [-0.1, -0.05) is 72.8 Å². The number of urea groups is 1. The van der Waals surface area contributed by atoms with E-state index in [9.17, 15) is 10.1 Å². The number of piperazine rings is 1. The van der Waals surface area contributed by atoms with Crippen LogP contribution in [0.1, 0.15) is 17.2 Å². The summed E-state index contributed by atoms with van der Waals surface area (Å²) < 4.78 is 5.94. The van der Waals surface area contributed by atoms with E-state index < -0.39 is 0 Å². The van der Waals surface area contributed by atoms with E-state index in [4.69, 9.17) is 9.73 Å². The highest BCUT2D eigenvalue weighted by atomic mass is 16.5. The molecule has 4 aromatic carbocycles. The highest BCUT2D eigenvalue weighted by molar-refractivity contribution is 5.90.